The molecular formula is C17H25ClN2O. The van der Waals surface area contributed by atoms with Gasteiger partial charge >= 0.3 is 0 Å². The van der Waals surface area contributed by atoms with Crippen LogP contribution in [-0.4, -0.2) is 36.5 Å². The Morgan fingerprint density at radius 2 is 2.24 bits per heavy atom. The molecular weight excluding hydrogens is 284 g/mol. The zero-order chi connectivity index (χ0) is 15.2. The van der Waals surface area contributed by atoms with E-state index in [-0.39, 0.29) is 5.91 Å². The molecule has 1 atom stereocenters. The van der Waals surface area contributed by atoms with E-state index in [4.69, 9.17) is 11.6 Å². The van der Waals surface area contributed by atoms with Gasteiger partial charge in [-0.25, -0.2) is 0 Å². The molecule has 3 nitrogen and oxygen atoms in total. The molecule has 1 heterocycles. The maximum atomic E-state index is 12.8. The fourth-order valence-corrected chi connectivity index (χ4v) is 3.08. The molecule has 2 rings (SSSR count). The molecule has 0 aliphatic carbocycles. The first kappa shape index (κ1) is 16.3. The molecule has 1 amide bonds. The molecule has 4 heteroatoms. The number of nitrogens with one attached hydrogen (secondary N) is 1. The van der Waals surface area contributed by atoms with Crippen molar-refractivity contribution in [2.24, 2.45) is 0 Å². The number of hydrogen-bond acceptors (Lipinski definition) is 2. The molecule has 21 heavy (non-hydrogen) atoms. The van der Waals surface area contributed by atoms with Crippen molar-refractivity contribution in [3.63, 3.8) is 0 Å². The Bertz CT molecular complexity index is 484. The van der Waals surface area contributed by atoms with Crippen molar-refractivity contribution >= 4 is 17.5 Å². The highest BCUT2D eigenvalue weighted by Gasteiger charge is 2.22. The van der Waals surface area contributed by atoms with Crippen LogP contribution in [0.2, 0.25) is 5.02 Å². The molecule has 0 bridgehead atoms. The van der Waals surface area contributed by atoms with Gasteiger partial charge in [-0.3, -0.25) is 4.79 Å². The van der Waals surface area contributed by atoms with E-state index in [2.05, 4.69) is 12.2 Å². The van der Waals surface area contributed by atoms with Crippen LogP contribution < -0.4 is 5.32 Å². The van der Waals surface area contributed by atoms with E-state index < -0.39 is 0 Å². The standard InChI is InChI=1S/C17H25ClN2O/c1-3-11-20(12-14-7-4-5-10-19-14)17(21)15-8-6-9-16(18)13(15)2/h6,8-9,14,19H,3-5,7,10-12H2,1-2H3. The summed E-state index contributed by atoms with van der Waals surface area (Å²) < 4.78 is 0. The van der Waals surface area contributed by atoms with Crippen molar-refractivity contribution in [3.05, 3.63) is 34.3 Å². The van der Waals surface area contributed by atoms with E-state index in [1.165, 1.54) is 12.8 Å². The van der Waals surface area contributed by atoms with Crippen molar-refractivity contribution in [3.8, 4) is 0 Å². The van der Waals surface area contributed by atoms with Gasteiger partial charge < -0.3 is 10.2 Å². The van der Waals surface area contributed by atoms with E-state index in [1.807, 2.05) is 30.0 Å². The van der Waals surface area contributed by atoms with Gasteiger partial charge in [-0.15, -0.1) is 0 Å². The lowest BCUT2D eigenvalue weighted by molar-refractivity contribution is 0.0731. The number of hydrogen-bond donors (Lipinski definition) is 1. The van der Waals surface area contributed by atoms with Crippen LogP contribution in [0.3, 0.4) is 0 Å². The van der Waals surface area contributed by atoms with Gasteiger partial charge in [0.1, 0.15) is 0 Å². The normalized spacial score (nSPS) is 18.5. The van der Waals surface area contributed by atoms with Crippen LogP contribution >= 0.6 is 11.6 Å². The molecule has 1 aliphatic heterocycles. The van der Waals surface area contributed by atoms with Crippen molar-refractivity contribution in [1.82, 2.24) is 10.2 Å². The molecule has 1 aliphatic rings. The Balaban J connectivity index is 2.12. The summed E-state index contributed by atoms with van der Waals surface area (Å²) >= 11 is 6.15. The third-order valence-electron chi connectivity index (χ3n) is 4.13. The number of carbonyl (C=O) groups excluding carboxylic acids is 1. The molecule has 0 spiro atoms. The summed E-state index contributed by atoms with van der Waals surface area (Å²) in [4.78, 5) is 14.8. The Morgan fingerprint density at radius 3 is 2.90 bits per heavy atom. The minimum absolute atomic E-state index is 0.101. The monoisotopic (exact) mass is 308 g/mol. The van der Waals surface area contributed by atoms with Gasteiger partial charge in [0, 0.05) is 29.7 Å². The molecule has 1 N–H and O–H groups in total. The number of benzene rings is 1. The van der Waals surface area contributed by atoms with Crippen LogP contribution in [0.1, 0.15) is 48.5 Å². The summed E-state index contributed by atoms with van der Waals surface area (Å²) in [5.41, 5.74) is 1.61. The van der Waals surface area contributed by atoms with E-state index in [0.29, 0.717) is 11.1 Å². The first-order valence-electron chi connectivity index (χ1n) is 7.91. The van der Waals surface area contributed by atoms with Gasteiger partial charge in [0.2, 0.25) is 0 Å². The molecule has 1 saturated heterocycles. The quantitative estimate of drug-likeness (QED) is 0.900. The Kier molecular flexibility index (Phi) is 6.07. The van der Waals surface area contributed by atoms with Crippen molar-refractivity contribution in [2.45, 2.75) is 45.6 Å². The Labute approximate surface area is 132 Å². The van der Waals surface area contributed by atoms with Gasteiger partial charge in [0.25, 0.3) is 5.91 Å². The van der Waals surface area contributed by atoms with Gasteiger partial charge in [-0.2, -0.15) is 0 Å². The first-order chi connectivity index (χ1) is 10.1. The lowest BCUT2D eigenvalue weighted by Gasteiger charge is -2.31. The highest BCUT2D eigenvalue weighted by atomic mass is 35.5. The topological polar surface area (TPSA) is 32.3 Å². The molecule has 0 saturated carbocycles. The van der Waals surface area contributed by atoms with Crippen LogP contribution in [0, 0.1) is 6.92 Å². The molecule has 0 radical (unpaired) electrons. The SMILES string of the molecule is CCCN(CC1CCCCN1)C(=O)c1cccc(Cl)c1C. The summed E-state index contributed by atoms with van der Waals surface area (Å²) in [6, 6.07) is 5.99. The molecule has 116 valence electrons. The fourth-order valence-electron chi connectivity index (χ4n) is 2.90. The van der Waals surface area contributed by atoms with Crippen LogP contribution in [-0.2, 0) is 0 Å². The van der Waals surface area contributed by atoms with E-state index in [1.54, 1.807) is 0 Å². The summed E-state index contributed by atoms with van der Waals surface area (Å²) in [5.74, 6) is 0.101. The number of carbonyl (C=O) groups is 1. The fraction of sp³-hybridized carbons (Fsp3) is 0.588. The van der Waals surface area contributed by atoms with Crippen molar-refractivity contribution in [1.29, 1.82) is 0 Å². The Hall–Kier alpha value is -1.06. The average molecular weight is 309 g/mol. The lowest BCUT2D eigenvalue weighted by Crippen LogP contribution is -2.46. The summed E-state index contributed by atoms with van der Waals surface area (Å²) in [6.07, 6.45) is 4.62. The van der Waals surface area contributed by atoms with Crippen LogP contribution in [0.15, 0.2) is 18.2 Å². The zero-order valence-electron chi connectivity index (χ0n) is 13.0. The molecule has 1 fully saturated rings. The summed E-state index contributed by atoms with van der Waals surface area (Å²) in [7, 11) is 0. The zero-order valence-corrected chi connectivity index (χ0v) is 13.7. The third kappa shape index (κ3) is 4.21. The predicted molar refractivity (Wildman–Crippen MR) is 88.0 cm³/mol. The largest absolute Gasteiger partial charge is 0.337 e. The van der Waals surface area contributed by atoms with E-state index in [9.17, 15) is 4.79 Å². The van der Waals surface area contributed by atoms with Gasteiger partial charge in [-0.05, 0) is 50.4 Å². The highest BCUT2D eigenvalue weighted by molar-refractivity contribution is 6.31. The predicted octanol–water partition coefficient (Wildman–Crippen LogP) is 3.64. The molecule has 1 aromatic carbocycles. The minimum atomic E-state index is 0.101. The second-order valence-electron chi connectivity index (χ2n) is 5.81. The lowest BCUT2D eigenvalue weighted by atomic mass is 10.0. The molecule has 0 aromatic heterocycles. The smallest absolute Gasteiger partial charge is 0.254 e. The van der Waals surface area contributed by atoms with E-state index >= 15 is 0 Å². The second kappa shape index (κ2) is 7.81. The van der Waals surface area contributed by atoms with E-state index in [0.717, 1.165) is 43.6 Å². The number of rotatable bonds is 5. The van der Waals surface area contributed by atoms with Gasteiger partial charge in [0.15, 0.2) is 0 Å². The van der Waals surface area contributed by atoms with Crippen LogP contribution in [0.25, 0.3) is 0 Å². The number of amides is 1. The maximum Gasteiger partial charge on any atom is 0.254 e. The maximum absolute atomic E-state index is 12.8. The Morgan fingerprint density at radius 1 is 1.43 bits per heavy atom. The average Bonchev–Trinajstić information content (AvgIpc) is 2.50. The second-order valence-corrected chi connectivity index (χ2v) is 6.22. The summed E-state index contributed by atoms with van der Waals surface area (Å²) in [5, 5.41) is 4.18. The molecule has 1 aromatic rings. The summed E-state index contributed by atoms with van der Waals surface area (Å²) in [6.45, 7) is 6.68. The number of nitrogens with zero attached hydrogens (tertiary/aromatic N) is 1. The van der Waals surface area contributed by atoms with Crippen LogP contribution in [0.5, 0.6) is 0 Å². The third-order valence-corrected chi connectivity index (χ3v) is 4.54. The van der Waals surface area contributed by atoms with Crippen molar-refractivity contribution < 1.29 is 4.79 Å². The van der Waals surface area contributed by atoms with Crippen LogP contribution in [0.4, 0.5) is 0 Å². The van der Waals surface area contributed by atoms with Gasteiger partial charge in [0.05, 0.1) is 0 Å². The number of halogens is 1. The molecule has 1 unspecified atom stereocenters. The van der Waals surface area contributed by atoms with Gasteiger partial charge in [-0.1, -0.05) is 31.0 Å². The minimum Gasteiger partial charge on any atom is -0.337 e. The highest BCUT2D eigenvalue weighted by Crippen LogP contribution is 2.21. The number of piperidine rings is 1. The first-order valence-corrected chi connectivity index (χ1v) is 8.29. The van der Waals surface area contributed by atoms with Crippen molar-refractivity contribution in [2.75, 3.05) is 19.6 Å².